The molecular weight excluding hydrogens is 404 g/mol. The fraction of sp³-hybridized carbons (Fsp3) is 0.667. The van der Waals surface area contributed by atoms with Gasteiger partial charge in [0.1, 0.15) is 5.82 Å². The number of aromatic amines is 1. The van der Waals surface area contributed by atoms with Crippen molar-refractivity contribution in [3.8, 4) is 0 Å². The van der Waals surface area contributed by atoms with Crippen molar-refractivity contribution in [3.05, 3.63) is 23.5 Å². The van der Waals surface area contributed by atoms with E-state index in [-0.39, 0.29) is 11.3 Å². The summed E-state index contributed by atoms with van der Waals surface area (Å²) in [6, 6.07) is 3.96. The highest BCUT2D eigenvalue weighted by atomic mass is 16.4. The molecule has 1 aliphatic heterocycles. The number of aliphatic carboxylic acids is 1. The summed E-state index contributed by atoms with van der Waals surface area (Å²) < 4.78 is 0. The first-order chi connectivity index (χ1) is 15.4. The Morgan fingerprint density at radius 2 is 1.94 bits per heavy atom. The molecule has 0 unspecified atom stereocenters. The van der Waals surface area contributed by atoms with Gasteiger partial charge in [-0.2, -0.15) is 10.1 Å². The molecule has 2 atom stereocenters. The van der Waals surface area contributed by atoms with Gasteiger partial charge in [-0.1, -0.05) is 26.2 Å². The lowest BCUT2D eigenvalue weighted by Crippen LogP contribution is -2.49. The molecule has 2 saturated carbocycles. The van der Waals surface area contributed by atoms with Gasteiger partial charge in [-0.05, 0) is 50.4 Å². The van der Waals surface area contributed by atoms with Crippen molar-refractivity contribution in [1.82, 2.24) is 20.2 Å². The van der Waals surface area contributed by atoms with Crippen LogP contribution in [0.2, 0.25) is 0 Å². The molecule has 0 amide bonds. The number of hydrogen-bond donors (Lipinski definition) is 3. The Hall–Kier alpha value is -2.64. The van der Waals surface area contributed by atoms with Crippen LogP contribution in [-0.4, -0.2) is 44.3 Å². The van der Waals surface area contributed by atoms with E-state index in [0.29, 0.717) is 30.1 Å². The molecule has 2 aromatic rings. The van der Waals surface area contributed by atoms with E-state index < -0.39 is 5.97 Å². The van der Waals surface area contributed by atoms with Gasteiger partial charge in [0.05, 0.1) is 5.92 Å². The first-order valence-electron chi connectivity index (χ1n) is 12.1. The molecule has 5 rings (SSSR count). The van der Waals surface area contributed by atoms with Gasteiger partial charge in [-0.15, -0.1) is 0 Å². The number of nitrogens with one attached hydrogen (secondary N) is 2. The molecule has 8 heteroatoms. The van der Waals surface area contributed by atoms with Crippen LogP contribution in [0.25, 0.3) is 0 Å². The average Bonchev–Trinajstić information content (AvgIpc) is 3.53. The lowest BCUT2D eigenvalue weighted by molar-refractivity contribution is -0.143. The van der Waals surface area contributed by atoms with Gasteiger partial charge < -0.3 is 15.3 Å². The van der Waals surface area contributed by atoms with Crippen LogP contribution in [0.1, 0.15) is 75.6 Å². The fourth-order valence-corrected chi connectivity index (χ4v) is 5.61. The Kier molecular flexibility index (Phi) is 5.55. The van der Waals surface area contributed by atoms with Crippen LogP contribution in [0, 0.1) is 24.2 Å². The molecule has 8 nitrogen and oxygen atoms in total. The van der Waals surface area contributed by atoms with Crippen LogP contribution in [0.3, 0.4) is 0 Å². The molecule has 2 aliphatic carbocycles. The zero-order chi connectivity index (χ0) is 22.3. The van der Waals surface area contributed by atoms with Crippen molar-refractivity contribution in [1.29, 1.82) is 0 Å². The number of rotatable bonds is 6. The maximum Gasteiger partial charge on any atom is 0.308 e. The van der Waals surface area contributed by atoms with Gasteiger partial charge in [0.25, 0.3) is 0 Å². The highest BCUT2D eigenvalue weighted by Gasteiger charge is 2.42. The predicted octanol–water partition coefficient (Wildman–Crippen LogP) is 4.63. The Morgan fingerprint density at radius 1 is 1.16 bits per heavy atom. The second kappa shape index (κ2) is 8.37. The number of carbonyl (C=O) groups is 1. The van der Waals surface area contributed by atoms with Gasteiger partial charge in [0.15, 0.2) is 5.82 Å². The minimum absolute atomic E-state index is 0.198. The molecule has 3 heterocycles. The van der Waals surface area contributed by atoms with Crippen LogP contribution >= 0.6 is 0 Å². The topological polar surface area (TPSA) is 107 Å². The molecule has 3 N–H and O–H groups in total. The van der Waals surface area contributed by atoms with Gasteiger partial charge in [0.2, 0.25) is 5.95 Å². The van der Waals surface area contributed by atoms with Crippen molar-refractivity contribution in [2.45, 2.75) is 71.1 Å². The zero-order valence-corrected chi connectivity index (χ0v) is 19.1. The number of H-pyrrole nitrogens is 1. The highest BCUT2D eigenvalue weighted by Crippen LogP contribution is 2.47. The number of carboxylic acids is 1. The predicted molar refractivity (Wildman–Crippen MR) is 123 cm³/mol. The smallest absolute Gasteiger partial charge is 0.308 e. The third kappa shape index (κ3) is 4.45. The second-order valence-electron chi connectivity index (χ2n) is 10.4. The second-order valence-corrected chi connectivity index (χ2v) is 10.4. The highest BCUT2D eigenvalue weighted by molar-refractivity contribution is 5.71. The molecule has 172 valence electrons. The molecule has 3 fully saturated rings. The van der Waals surface area contributed by atoms with Crippen LogP contribution < -0.4 is 10.2 Å². The largest absolute Gasteiger partial charge is 0.481 e. The lowest BCUT2D eigenvalue weighted by Gasteiger charge is -2.47. The van der Waals surface area contributed by atoms with E-state index in [2.05, 4.69) is 33.4 Å². The number of hydrogen-bond acceptors (Lipinski definition) is 6. The zero-order valence-electron chi connectivity index (χ0n) is 19.1. The molecule has 32 heavy (non-hydrogen) atoms. The number of nitrogens with zero attached hydrogens (tertiary/aromatic N) is 4. The summed E-state index contributed by atoms with van der Waals surface area (Å²) in [5, 5.41) is 20.7. The molecule has 1 saturated heterocycles. The summed E-state index contributed by atoms with van der Waals surface area (Å²) in [5.74, 6) is 1.91. The number of piperidine rings is 1. The van der Waals surface area contributed by atoms with Gasteiger partial charge in [0, 0.05) is 42.5 Å². The number of carboxylic acid groups (broad SMARTS) is 1. The van der Waals surface area contributed by atoms with Gasteiger partial charge in [-0.25, -0.2) is 4.98 Å². The summed E-state index contributed by atoms with van der Waals surface area (Å²) in [6.45, 7) is 5.59. The number of aromatic nitrogens is 4. The van der Waals surface area contributed by atoms with Crippen LogP contribution in [-0.2, 0) is 4.79 Å². The van der Waals surface area contributed by atoms with Gasteiger partial charge in [-0.3, -0.25) is 9.89 Å². The van der Waals surface area contributed by atoms with Crippen LogP contribution in [0.4, 0.5) is 17.6 Å². The van der Waals surface area contributed by atoms with E-state index in [9.17, 15) is 9.90 Å². The molecular formula is C24H34N6O2. The van der Waals surface area contributed by atoms with E-state index in [1.807, 2.05) is 13.0 Å². The minimum atomic E-state index is -0.714. The third-order valence-electron chi connectivity index (χ3n) is 7.78. The first-order valence-corrected chi connectivity index (χ1v) is 12.1. The molecule has 3 aliphatic rings. The monoisotopic (exact) mass is 438 g/mol. The molecule has 2 aromatic heterocycles. The van der Waals surface area contributed by atoms with Gasteiger partial charge >= 0.3 is 5.97 Å². The van der Waals surface area contributed by atoms with E-state index in [1.54, 1.807) is 0 Å². The van der Waals surface area contributed by atoms with E-state index in [0.717, 1.165) is 24.5 Å². The standard InChI is InChI=1S/C24H34N6O2/c1-15-10-20(26-21-12-19(28-29-21)16-6-7-16)27-23(25-15)30-13-17(22(31)32)11-18(14-30)24(2)8-4-3-5-9-24/h10,12,16-18H,3-9,11,13-14H2,1-2H3,(H,31,32)(H2,25,26,27,28,29)/t17-,18+/m1/s1. The first kappa shape index (κ1) is 21.2. The van der Waals surface area contributed by atoms with Crippen molar-refractivity contribution >= 4 is 23.6 Å². The normalized spacial score (nSPS) is 25.5. The quantitative estimate of drug-likeness (QED) is 0.604. The van der Waals surface area contributed by atoms with E-state index >= 15 is 0 Å². The molecule has 0 bridgehead atoms. The lowest BCUT2D eigenvalue weighted by atomic mass is 9.63. The summed E-state index contributed by atoms with van der Waals surface area (Å²) in [7, 11) is 0. The van der Waals surface area contributed by atoms with Crippen LogP contribution in [0.15, 0.2) is 12.1 Å². The summed E-state index contributed by atoms with van der Waals surface area (Å²) in [5.41, 5.74) is 2.22. The number of aryl methyl sites for hydroxylation is 1. The maximum absolute atomic E-state index is 12.0. The average molecular weight is 439 g/mol. The molecule has 0 spiro atoms. The Morgan fingerprint density at radius 3 is 2.66 bits per heavy atom. The van der Waals surface area contributed by atoms with Crippen molar-refractivity contribution in [2.75, 3.05) is 23.3 Å². The fourth-order valence-electron chi connectivity index (χ4n) is 5.61. The Balaban J connectivity index is 1.38. The van der Waals surface area contributed by atoms with Crippen molar-refractivity contribution in [2.24, 2.45) is 17.3 Å². The summed E-state index contributed by atoms with van der Waals surface area (Å²) in [4.78, 5) is 23.6. The third-order valence-corrected chi connectivity index (χ3v) is 7.78. The Labute approximate surface area is 189 Å². The Bertz CT molecular complexity index is 979. The SMILES string of the molecule is Cc1cc(Nc2cc(C3CC3)[nH]n2)nc(N2C[C@H](C(=O)O)C[C@H](C3(C)CCCCC3)C2)n1. The summed E-state index contributed by atoms with van der Waals surface area (Å²) >= 11 is 0. The summed E-state index contributed by atoms with van der Waals surface area (Å²) in [6.07, 6.45) is 9.33. The van der Waals surface area contributed by atoms with Crippen molar-refractivity contribution in [3.63, 3.8) is 0 Å². The van der Waals surface area contributed by atoms with Crippen LogP contribution in [0.5, 0.6) is 0 Å². The maximum atomic E-state index is 12.0. The number of anilines is 3. The van der Waals surface area contributed by atoms with E-state index in [4.69, 9.17) is 9.97 Å². The molecule has 0 aromatic carbocycles. The van der Waals surface area contributed by atoms with E-state index in [1.165, 1.54) is 50.6 Å². The minimum Gasteiger partial charge on any atom is -0.481 e. The molecule has 0 radical (unpaired) electrons. The van der Waals surface area contributed by atoms with Crippen molar-refractivity contribution < 1.29 is 9.90 Å².